The highest BCUT2D eigenvalue weighted by atomic mass is 16.8. The molecule has 0 radical (unpaired) electrons. The molecule has 32 heavy (non-hydrogen) atoms. The predicted molar refractivity (Wildman–Crippen MR) is 107 cm³/mol. The van der Waals surface area contributed by atoms with Gasteiger partial charge < -0.3 is 44.5 Å². The summed E-state index contributed by atoms with van der Waals surface area (Å²) in [6.45, 7) is -0.709. The largest absolute Gasteiger partial charge is 0.472 e. The molecule has 10 heteroatoms. The van der Waals surface area contributed by atoms with Crippen LogP contribution in [0.15, 0.2) is 54.3 Å². The number of esters is 1. The summed E-state index contributed by atoms with van der Waals surface area (Å²) in [4.78, 5) is 12.3. The zero-order valence-electron chi connectivity index (χ0n) is 17.0. The van der Waals surface area contributed by atoms with Crippen LogP contribution in [0.3, 0.4) is 0 Å². The van der Waals surface area contributed by atoms with Crippen molar-refractivity contribution in [3.8, 4) is 0 Å². The van der Waals surface area contributed by atoms with Crippen molar-refractivity contribution < 1.29 is 49.3 Å². The minimum Gasteiger partial charge on any atom is -0.472 e. The van der Waals surface area contributed by atoms with Crippen LogP contribution in [0.2, 0.25) is 0 Å². The van der Waals surface area contributed by atoms with Crippen LogP contribution in [0, 0.1) is 11.8 Å². The smallest absolute Gasteiger partial charge is 0.338 e. The molecule has 0 amide bonds. The number of rotatable bonds is 6. The predicted octanol–water partition coefficient (Wildman–Crippen LogP) is -0.937. The first kappa shape index (κ1) is 22.9. The highest BCUT2D eigenvalue weighted by Gasteiger charge is 2.49. The summed E-state index contributed by atoms with van der Waals surface area (Å²) in [6.07, 6.45) is -4.61. The molecule has 1 fully saturated rings. The third kappa shape index (κ3) is 4.44. The van der Waals surface area contributed by atoms with Crippen molar-refractivity contribution in [1.29, 1.82) is 0 Å². The monoisotopic (exact) mass is 450 g/mol. The number of carbonyl (C=O) groups excluding carboxylic acids is 1. The van der Waals surface area contributed by atoms with Crippen molar-refractivity contribution in [3.05, 3.63) is 59.9 Å². The van der Waals surface area contributed by atoms with Crippen LogP contribution in [0.25, 0.3) is 0 Å². The zero-order valence-corrected chi connectivity index (χ0v) is 17.0. The van der Waals surface area contributed by atoms with Crippen molar-refractivity contribution in [3.63, 3.8) is 0 Å². The maximum absolute atomic E-state index is 12.3. The molecule has 9 atom stereocenters. The van der Waals surface area contributed by atoms with Crippen LogP contribution < -0.4 is 0 Å². The minimum atomic E-state index is -1.60. The number of hydrogen-bond donors (Lipinski definition) is 5. The van der Waals surface area contributed by atoms with E-state index in [1.807, 2.05) is 0 Å². The van der Waals surface area contributed by atoms with Crippen LogP contribution >= 0.6 is 0 Å². The molecule has 1 aromatic carbocycles. The van der Waals surface area contributed by atoms with Crippen LogP contribution in [0.4, 0.5) is 0 Å². The third-order valence-corrected chi connectivity index (χ3v) is 5.92. The summed E-state index contributed by atoms with van der Waals surface area (Å²) in [7, 11) is 0. The van der Waals surface area contributed by atoms with Gasteiger partial charge in [-0.1, -0.05) is 24.3 Å². The molecule has 1 aliphatic carbocycles. The highest BCUT2D eigenvalue weighted by Crippen LogP contribution is 2.41. The van der Waals surface area contributed by atoms with Crippen LogP contribution in [-0.4, -0.2) is 87.8 Å². The number of hydrogen-bond acceptors (Lipinski definition) is 10. The van der Waals surface area contributed by atoms with E-state index in [4.69, 9.17) is 18.9 Å². The first-order valence-corrected chi connectivity index (χ1v) is 10.3. The fourth-order valence-corrected chi connectivity index (χ4v) is 4.17. The van der Waals surface area contributed by atoms with Gasteiger partial charge in [0.15, 0.2) is 6.29 Å². The number of ether oxygens (including phenoxy) is 4. The first-order chi connectivity index (χ1) is 15.4. The fourth-order valence-electron chi connectivity index (χ4n) is 4.17. The number of fused-ring (bicyclic) bond motifs is 1. The molecule has 4 rings (SSSR count). The van der Waals surface area contributed by atoms with Gasteiger partial charge in [0.05, 0.1) is 30.5 Å². The number of benzene rings is 1. The highest BCUT2D eigenvalue weighted by molar-refractivity contribution is 5.89. The van der Waals surface area contributed by atoms with E-state index in [1.165, 1.54) is 6.26 Å². The molecule has 2 aliphatic heterocycles. The molecule has 0 saturated carbocycles. The van der Waals surface area contributed by atoms with Gasteiger partial charge in [-0.2, -0.15) is 0 Å². The quantitative estimate of drug-likeness (QED) is 0.271. The first-order valence-electron chi connectivity index (χ1n) is 10.3. The molecule has 10 nitrogen and oxygen atoms in total. The van der Waals surface area contributed by atoms with Gasteiger partial charge in [0.1, 0.15) is 31.0 Å². The number of aliphatic hydroxyl groups is 5. The van der Waals surface area contributed by atoms with E-state index in [9.17, 15) is 30.3 Å². The molecule has 1 aromatic rings. The van der Waals surface area contributed by atoms with Gasteiger partial charge in [-0.15, -0.1) is 0 Å². The lowest BCUT2D eigenvalue weighted by Crippen LogP contribution is -2.60. The van der Waals surface area contributed by atoms with E-state index in [-0.39, 0.29) is 6.61 Å². The Morgan fingerprint density at radius 2 is 1.75 bits per heavy atom. The van der Waals surface area contributed by atoms with Crippen LogP contribution in [-0.2, 0) is 18.9 Å². The Labute approximate surface area is 183 Å². The van der Waals surface area contributed by atoms with E-state index in [0.717, 1.165) is 0 Å². The fraction of sp³-hybridized carbons (Fsp3) is 0.500. The van der Waals surface area contributed by atoms with E-state index >= 15 is 0 Å². The van der Waals surface area contributed by atoms with E-state index in [2.05, 4.69) is 0 Å². The Kier molecular flexibility index (Phi) is 6.91. The molecule has 5 N–H and O–H groups in total. The Hall–Kier alpha value is -2.31. The van der Waals surface area contributed by atoms with Crippen LogP contribution in [0.5, 0.6) is 0 Å². The standard InChI is InChI=1S/C22H26O10/c23-9-15-17(25)18(26)19(27)22(31-15)32-21-16-12(8-14(24)13(16)6-7-29-21)10-30-20(28)11-4-2-1-3-5-11/h1-8,13-19,21-27H,9-10H2/t13-,14-,15-,16+,17-,18+,19-,21+,22-/m1/s1. The van der Waals surface area contributed by atoms with E-state index in [0.29, 0.717) is 11.1 Å². The van der Waals surface area contributed by atoms with E-state index in [1.54, 1.807) is 42.5 Å². The second-order valence-corrected chi connectivity index (χ2v) is 7.94. The lowest BCUT2D eigenvalue weighted by atomic mass is 9.88. The number of carbonyl (C=O) groups is 1. The molecule has 3 aliphatic rings. The Morgan fingerprint density at radius 3 is 2.47 bits per heavy atom. The van der Waals surface area contributed by atoms with Crippen molar-refractivity contribution in [2.75, 3.05) is 13.2 Å². The number of aliphatic hydroxyl groups excluding tert-OH is 5. The maximum Gasteiger partial charge on any atom is 0.338 e. The maximum atomic E-state index is 12.3. The summed E-state index contributed by atoms with van der Waals surface area (Å²) in [5.74, 6) is -1.52. The third-order valence-electron chi connectivity index (χ3n) is 5.92. The van der Waals surface area contributed by atoms with Crippen molar-refractivity contribution in [2.45, 2.75) is 43.1 Å². The van der Waals surface area contributed by atoms with Crippen LogP contribution in [0.1, 0.15) is 10.4 Å². The van der Waals surface area contributed by atoms with Gasteiger partial charge in [0, 0.05) is 5.92 Å². The normalized spacial score (nSPS) is 38.5. The summed E-state index contributed by atoms with van der Waals surface area (Å²) < 4.78 is 22.1. The van der Waals surface area contributed by atoms with Gasteiger partial charge in [-0.25, -0.2) is 4.79 Å². The zero-order chi connectivity index (χ0) is 22.8. The van der Waals surface area contributed by atoms with Gasteiger partial charge in [0.25, 0.3) is 0 Å². The molecule has 0 unspecified atom stereocenters. The van der Waals surface area contributed by atoms with E-state index < -0.39 is 67.5 Å². The molecule has 0 aromatic heterocycles. The molecule has 2 heterocycles. The molecular weight excluding hydrogens is 424 g/mol. The average Bonchev–Trinajstić information content (AvgIpc) is 3.14. The second-order valence-electron chi connectivity index (χ2n) is 7.94. The SMILES string of the molecule is O=C(OCC1=C[C@@H](O)[C@H]2C=CO[C@@H](O[C@H]3O[C@H](CO)[C@@H](O)[C@H](O)[C@H]3O)[C@@H]12)c1ccccc1. The summed E-state index contributed by atoms with van der Waals surface area (Å²) >= 11 is 0. The molecule has 0 spiro atoms. The summed E-state index contributed by atoms with van der Waals surface area (Å²) in [6, 6.07) is 8.47. The molecule has 1 saturated heterocycles. The lowest BCUT2D eigenvalue weighted by molar-refractivity contribution is -0.339. The molecule has 0 bridgehead atoms. The Balaban J connectivity index is 1.46. The van der Waals surface area contributed by atoms with Crippen molar-refractivity contribution in [2.24, 2.45) is 11.8 Å². The van der Waals surface area contributed by atoms with Gasteiger partial charge in [-0.3, -0.25) is 0 Å². The van der Waals surface area contributed by atoms with Gasteiger partial charge in [0.2, 0.25) is 6.29 Å². The van der Waals surface area contributed by atoms with Gasteiger partial charge in [-0.05, 0) is 23.8 Å². The Morgan fingerprint density at radius 1 is 1.00 bits per heavy atom. The van der Waals surface area contributed by atoms with Crippen molar-refractivity contribution in [1.82, 2.24) is 0 Å². The molecule has 174 valence electrons. The van der Waals surface area contributed by atoms with Crippen molar-refractivity contribution >= 4 is 5.97 Å². The minimum absolute atomic E-state index is 0.113. The second kappa shape index (κ2) is 9.67. The topological polar surface area (TPSA) is 155 Å². The lowest BCUT2D eigenvalue weighted by Gasteiger charge is -2.42. The summed E-state index contributed by atoms with van der Waals surface area (Å²) in [5.41, 5.74) is 0.947. The van der Waals surface area contributed by atoms with Gasteiger partial charge >= 0.3 is 5.97 Å². The average molecular weight is 450 g/mol. The summed E-state index contributed by atoms with van der Waals surface area (Å²) in [5, 5.41) is 50.0. The Bertz CT molecular complexity index is 854. The molecular formula is C22H26O10.